The topological polar surface area (TPSA) is 86.9 Å². The Balaban J connectivity index is 2.09. The molecule has 2 rings (SSSR count). The van der Waals surface area contributed by atoms with E-state index in [1.54, 1.807) is 12.3 Å². The van der Waals surface area contributed by atoms with Crippen molar-refractivity contribution in [2.45, 2.75) is 26.7 Å². The third-order valence-electron chi connectivity index (χ3n) is 3.62. The van der Waals surface area contributed by atoms with E-state index in [1.165, 1.54) is 15.7 Å². The number of thiazole rings is 1. The molecule has 1 amide bonds. The molecule has 126 valence electrons. The molecule has 2 aromatic rings. The van der Waals surface area contributed by atoms with Gasteiger partial charge in [-0.3, -0.25) is 14.0 Å². The highest BCUT2D eigenvalue weighted by Gasteiger charge is 2.21. The first kappa shape index (κ1) is 17.4. The first-order valence-corrected chi connectivity index (χ1v) is 8.50. The van der Waals surface area contributed by atoms with Crippen molar-refractivity contribution in [2.75, 3.05) is 26.7 Å². The summed E-state index contributed by atoms with van der Waals surface area (Å²) in [6, 6.07) is 0. The van der Waals surface area contributed by atoms with Crippen molar-refractivity contribution in [3.05, 3.63) is 27.0 Å². The molecular weight excluding hydrogens is 316 g/mol. The van der Waals surface area contributed by atoms with Crippen molar-refractivity contribution >= 4 is 22.2 Å². The number of amides is 1. The Morgan fingerprint density at radius 1 is 1.48 bits per heavy atom. The van der Waals surface area contributed by atoms with Gasteiger partial charge in [-0.2, -0.15) is 4.98 Å². The van der Waals surface area contributed by atoms with Crippen molar-refractivity contribution in [2.24, 2.45) is 0 Å². The van der Waals surface area contributed by atoms with Gasteiger partial charge >= 0.3 is 0 Å². The van der Waals surface area contributed by atoms with E-state index in [4.69, 9.17) is 0 Å². The first-order chi connectivity index (χ1) is 11.0. The smallest absolute Gasteiger partial charge is 0.275 e. The fourth-order valence-electron chi connectivity index (χ4n) is 2.26. The molecule has 2 aromatic heterocycles. The van der Waals surface area contributed by atoms with Gasteiger partial charge < -0.3 is 15.3 Å². The summed E-state index contributed by atoms with van der Waals surface area (Å²) in [4.78, 5) is 31.0. The number of rotatable bonds is 7. The Labute approximate surface area is 138 Å². The number of nitrogens with one attached hydrogen (secondary N) is 1. The Morgan fingerprint density at radius 3 is 2.91 bits per heavy atom. The lowest BCUT2D eigenvalue weighted by atomic mass is 10.3. The van der Waals surface area contributed by atoms with E-state index in [1.807, 2.05) is 7.05 Å². The minimum atomic E-state index is -0.594. The van der Waals surface area contributed by atoms with E-state index in [-0.39, 0.29) is 5.56 Å². The van der Waals surface area contributed by atoms with Gasteiger partial charge in [-0.25, -0.2) is 0 Å². The Morgan fingerprint density at radius 2 is 2.22 bits per heavy atom. The van der Waals surface area contributed by atoms with E-state index in [9.17, 15) is 14.7 Å². The van der Waals surface area contributed by atoms with Crippen molar-refractivity contribution in [1.82, 2.24) is 19.6 Å². The van der Waals surface area contributed by atoms with Gasteiger partial charge in [0.15, 0.2) is 10.5 Å². The highest BCUT2D eigenvalue weighted by Crippen LogP contribution is 2.17. The number of carbonyl (C=O) groups excluding carboxylic acids is 1. The SMILES string of the molecule is CCCCN(C)CCNC(=O)c1c(O)nc2scc(C)n2c1=O. The van der Waals surface area contributed by atoms with Gasteiger partial charge in [-0.05, 0) is 26.9 Å². The van der Waals surface area contributed by atoms with Gasteiger partial charge in [0.2, 0.25) is 5.88 Å². The fourth-order valence-corrected chi connectivity index (χ4v) is 3.11. The lowest BCUT2D eigenvalue weighted by Gasteiger charge is -2.16. The molecule has 7 nitrogen and oxygen atoms in total. The molecule has 0 aromatic carbocycles. The summed E-state index contributed by atoms with van der Waals surface area (Å²) in [5.74, 6) is -1.11. The lowest BCUT2D eigenvalue weighted by Crippen LogP contribution is -2.36. The van der Waals surface area contributed by atoms with Gasteiger partial charge in [0.25, 0.3) is 11.5 Å². The second kappa shape index (κ2) is 7.56. The van der Waals surface area contributed by atoms with Crippen molar-refractivity contribution in [3.63, 3.8) is 0 Å². The zero-order chi connectivity index (χ0) is 17.0. The van der Waals surface area contributed by atoms with Crippen molar-refractivity contribution in [3.8, 4) is 5.88 Å². The molecule has 2 N–H and O–H groups in total. The summed E-state index contributed by atoms with van der Waals surface area (Å²) in [5, 5.41) is 14.3. The van der Waals surface area contributed by atoms with E-state index in [0.29, 0.717) is 23.7 Å². The number of aromatic nitrogens is 2. The normalized spacial score (nSPS) is 11.3. The highest BCUT2D eigenvalue weighted by atomic mass is 32.1. The van der Waals surface area contributed by atoms with Crippen LogP contribution >= 0.6 is 11.3 Å². The van der Waals surface area contributed by atoms with Crippen LogP contribution in [0.1, 0.15) is 35.8 Å². The number of aryl methyl sites for hydroxylation is 1. The van der Waals surface area contributed by atoms with Crippen LogP contribution in [0.2, 0.25) is 0 Å². The molecule has 0 aliphatic rings. The number of hydrogen-bond donors (Lipinski definition) is 2. The Bertz CT molecular complexity index is 753. The van der Waals surface area contributed by atoms with Gasteiger partial charge in [0.1, 0.15) is 0 Å². The predicted octanol–water partition coefficient (Wildman–Crippen LogP) is 1.23. The monoisotopic (exact) mass is 338 g/mol. The van der Waals surface area contributed by atoms with Crippen LogP contribution in [0.5, 0.6) is 5.88 Å². The summed E-state index contributed by atoms with van der Waals surface area (Å²) in [7, 11) is 1.98. The molecule has 0 saturated carbocycles. The molecule has 0 bridgehead atoms. The Hall–Kier alpha value is -1.93. The maximum Gasteiger partial charge on any atom is 0.275 e. The molecule has 0 unspecified atom stereocenters. The molecule has 0 aliphatic heterocycles. The molecule has 2 heterocycles. The van der Waals surface area contributed by atoms with Crippen LogP contribution in [0.4, 0.5) is 0 Å². The molecule has 8 heteroatoms. The molecule has 0 spiro atoms. The number of unbranched alkanes of at least 4 members (excludes halogenated alkanes) is 1. The second-order valence-electron chi connectivity index (χ2n) is 5.52. The number of fused-ring (bicyclic) bond motifs is 1. The molecule has 0 saturated heterocycles. The van der Waals surface area contributed by atoms with Crippen molar-refractivity contribution in [1.29, 1.82) is 0 Å². The van der Waals surface area contributed by atoms with Crippen molar-refractivity contribution < 1.29 is 9.90 Å². The minimum Gasteiger partial charge on any atom is -0.492 e. The average Bonchev–Trinajstić information content (AvgIpc) is 2.86. The third kappa shape index (κ3) is 3.89. The quantitative estimate of drug-likeness (QED) is 0.793. The van der Waals surface area contributed by atoms with Crippen LogP contribution in [0.3, 0.4) is 0 Å². The first-order valence-electron chi connectivity index (χ1n) is 7.62. The van der Waals surface area contributed by atoms with Crippen LogP contribution in [-0.4, -0.2) is 52.0 Å². The summed E-state index contributed by atoms with van der Waals surface area (Å²) in [5.41, 5.74) is -0.154. The van der Waals surface area contributed by atoms with Crippen LogP contribution in [-0.2, 0) is 0 Å². The standard InChI is InChI=1S/C15H22N4O3S/c1-4-5-7-18(3)8-6-16-12(20)11-13(21)17-15-19(14(11)22)10(2)9-23-15/h9,21H,4-8H2,1-3H3,(H,16,20). The number of likely N-dealkylation sites (N-methyl/N-ethyl adjacent to an activating group) is 1. The lowest BCUT2D eigenvalue weighted by molar-refractivity contribution is 0.0944. The molecule has 0 aliphatic carbocycles. The second-order valence-corrected chi connectivity index (χ2v) is 6.36. The molecule has 0 fully saturated rings. The maximum absolute atomic E-state index is 12.4. The van der Waals surface area contributed by atoms with E-state index in [0.717, 1.165) is 19.4 Å². The van der Waals surface area contributed by atoms with Gasteiger partial charge in [-0.1, -0.05) is 13.3 Å². The van der Waals surface area contributed by atoms with Crippen LogP contribution < -0.4 is 10.9 Å². The summed E-state index contributed by atoms with van der Waals surface area (Å²) in [6.07, 6.45) is 2.22. The fraction of sp³-hybridized carbons (Fsp3) is 0.533. The van der Waals surface area contributed by atoms with E-state index < -0.39 is 17.3 Å². The van der Waals surface area contributed by atoms with E-state index >= 15 is 0 Å². The summed E-state index contributed by atoms with van der Waals surface area (Å²) < 4.78 is 1.34. The van der Waals surface area contributed by atoms with Crippen LogP contribution in [0.15, 0.2) is 10.2 Å². The van der Waals surface area contributed by atoms with Gasteiger partial charge in [0, 0.05) is 24.2 Å². The molecule has 0 radical (unpaired) electrons. The summed E-state index contributed by atoms with van der Waals surface area (Å²) >= 11 is 1.25. The summed E-state index contributed by atoms with van der Waals surface area (Å²) in [6.45, 7) is 5.93. The molecule has 23 heavy (non-hydrogen) atoms. The highest BCUT2D eigenvalue weighted by molar-refractivity contribution is 7.15. The maximum atomic E-state index is 12.4. The zero-order valence-electron chi connectivity index (χ0n) is 13.6. The van der Waals surface area contributed by atoms with Gasteiger partial charge in [0.05, 0.1) is 0 Å². The predicted molar refractivity (Wildman–Crippen MR) is 90.5 cm³/mol. The molecule has 0 atom stereocenters. The molecular formula is C15H22N4O3S. The van der Waals surface area contributed by atoms with Gasteiger partial charge in [-0.15, -0.1) is 11.3 Å². The van der Waals surface area contributed by atoms with Crippen LogP contribution in [0.25, 0.3) is 4.96 Å². The number of nitrogens with zero attached hydrogens (tertiary/aromatic N) is 3. The minimum absolute atomic E-state index is 0.305. The van der Waals surface area contributed by atoms with Crippen LogP contribution in [0, 0.1) is 6.92 Å². The zero-order valence-corrected chi connectivity index (χ0v) is 14.4. The third-order valence-corrected chi connectivity index (χ3v) is 4.56. The van der Waals surface area contributed by atoms with E-state index in [2.05, 4.69) is 22.1 Å². The Kier molecular flexibility index (Phi) is 5.73. The number of hydrogen-bond acceptors (Lipinski definition) is 6. The average molecular weight is 338 g/mol. The largest absolute Gasteiger partial charge is 0.492 e. The number of aromatic hydroxyl groups is 1. The number of carbonyl (C=O) groups is 1.